The molecule has 0 aliphatic rings. The summed E-state index contributed by atoms with van der Waals surface area (Å²) in [7, 11) is 0. The van der Waals surface area contributed by atoms with Gasteiger partial charge < -0.3 is 16.4 Å². The van der Waals surface area contributed by atoms with Crippen molar-refractivity contribution in [1.82, 2.24) is 10.6 Å². The van der Waals surface area contributed by atoms with Crippen LogP contribution < -0.4 is 16.4 Å². The molecule has 2 amide bonds. The topological polar surface area (TPSA) is 84.2 Å². The summed E-state index contributed by atoms with van der Waals surface area (Å²) in [6.07, 6.45) is 1.01. The predicted octanol–water partition coefficient (Wildman–Crippen LogP) is 0.637. The van der Waals surface area contributed by atoms with Crippen molar-refractivity contribution in [2.24, 2.45) is 17.6 Å². The Labute approximate surface area is 110 Å². The van der Waals surface area contributed by atoms with Gasteiger partial charge in [0, 0.05) is 6.54 Å². The van der Waals surface area contributed by atoms with Gasteiger partial charge in [0.15, 0.2) is 0 Å². The lowest BCUT2D eigenvalue weighted by molar-refractivity contribution is -0.129. The molecule has 3 atom stereocenters. The van der Waals surface area contributed by atoms with E-state index in [1.165, 1.54) is 0 Å². The van der Waals surface area contributed by atoms with Gasteiger partial charge in [0.05, 0.1) is 6.04 Å². The molecule has 0 heterocycles. The number of hydrogen-bond donors (Lipinski definition) is 3. The summed E-state index contributed by atoms with van der Waals surface area (Å²) < 4.78 is 0. The molecule has 0 aliphatic carbocycles. The van der Waals surface area contributed by atoms with Gasteiger partial charge in [-0.15, -0.1) is 0 Å². The van der Waals surface area contributed by atoms with Gasteiger partial charge in [-0.25, -0.2) is 0 Å². The maximum atomic E-state index is 11.7. The molecule has 0 aromatic rings. The van der Waals surface area contributed by atoms with Gasteiger partial charge in [-0.1, -0.05) is 34.1 Å². The molecule has 1 unspecified atom stereocenters. The van der Waals surface area contributed by atoms with Crippen LogP contribution in [0.15, 0.2) is 0 Å². The molecule has 106 valence electrons. The first kappa shape index (κ1) is 16.9. The number of amides is 2. The molecule has 0 fully saturated rings. The summed E-state index contributed by atoms with van der Waals surface area (Å²) in [5.41, 5.74) is 5.71. The summed E-state index contributed by atoms with van der Waals surface area (Å²) in [5, 5.41) is 5.44. The lowest BCUT2D eigenvalue weighted by Gasteiger charge is -2.20. The normalized spacial score (nSPS) is 15.9. The third-order valence-electron chi connectivity index (χ3n) is 3.09. The van der Waals surface area contributed by atoms with Gasteiger partial charge in [0.1, 0.15) is 6.04 Å². The summed E-state index contributed by atoms with van der Waals surface area (Å²) in [5.74, 6) is 0.0472. The molecule has 0 rings (SSSR count). The van der Waals surface area contributed by atoms with E-state index < -0.39 is 12.1 Å². The van der Waals surface area contributed by atoms with Gasteiger partial charge in [0.25, 0.3) is 0 Å². The Balaban J connectivity index is 4.12. The van der Waals surface area contributed by atoms with Crippen molar-refractivity contribution in [2.45, 2.75) is 53.1 Å². The van der Waals surface area contributed by atoms with E-state index in [-0.39, 0.29) is 17.7 Å². The highest BCUT2D eigenvalue weighted by molar-refractivity contribution is 5.89. The number of nitrogens with two attached hydrogens (primary N) is 1. The predicted molar refractivity (Wildman–Crippen MR) is 72.9 cm³/mol. The second-order valence-electron chi connectivity index (χ2n) is 5.26. The molecule has 0 aromatic heterocycles. The van der Waals surface area contributed by atoms with Crippen LogP contribution >= 0.6 is 0 Å². The highest BCUT2D eigenvalue weighted by Crippen LogP contribution is 2.00. The molecule has 0 aliphatic heterocycles. The average molecular weight is 257 g/mol. The molecule has 4 N–H and O–H groups in total. The van der Waals surface area contributed by atoms with Gasteiger partial charge >= 0.3 is 0 Å². The van der Waals surface area contributed by atoms with E-state index in [1.54, 1.807) is 6.92 Å². The molecule has 5 heteroatoms. The average Bonchev–Trinajstić information content (AvgIpc) is 2.33. The van der Waals surface area contributed by atoms with Gasteiger partial charge in [-0.3, -0.25) is 9.59 Å². The first-order valence-electron chi connectivity index (χ1n) is 6.63. The van der Waals surface area contributed by atoms with Crippen LogP contribution in [0.1, 0.15) is 41.0 Å². The molecule has 0 spiro atoms. The van der Waals surface area contributed by atoms with Crippen LogP contribution in [0.5, 0.6) is 0 Å². The molecule has 0 aromatic carbocycles. The fourth-order valence-electron chi connectivity index (χ4n) is 1.25. The largest absolute Gasteiger partial charge is 0.354 e. The van der Waals surface area contributed by atoms with Gasteiger partial charge in [-0.2, -0.15) is 0 Å². The summed E-state index contributed by atoms with van der Waals surface area (Å²) in [6, 6.07) is -1.12. The fourth-order valence-corrected chi connectivity index (χ4v) is 1.25. The minimum atomic E-state index is -0.574. The van der Waals surface area contributed by atoms with Crippen LogP contribution in [0, 0.1) is 11.8 Å². The van der Waals surface area contributed by atoms with Crippen molar-refractivity contribution in [3.63, 3.8) is 0 Å². The van der Waals surface area contributed by atoms with E-state index in [2.05, 4.69) is 24.5 Å². The van der Waals surface area contributed by atoms with E-state index in [4.69, 9.17) is 5.73 Å². The highest BCUT2D eigenvalue weighted by Gasteiger charge is 2.21. The third-order valence-corrected chi connectivity index (χ3v) is 3.09. The van der Waals surface area contributed by atoms with Gasteiger partial charge in [0.2, 0.25) is 11.8 Å². The van der Waals surface area contributed by atoms with Gasteiger partial charge in [-0.05, 0) is 18.8 Å². The second kappa shape index (κ2) is 8.08. The number of carbonyl (C=O) groups excluding carboxylic acids is 2. The zero-order valence-corrected chi connectivity index (χ0v) is 12.1. The van der Waals surface area contributed by atoms with E-state index in [9.17, 15) is 9.59 Å². The fraction of sp³-hybridized carbons (Fsp3) is 0.846. The molecule has 0 radical (unpaired) electrons. The SMILES string of the molecule is CCC(C)CNC(=O)[C@H](C)NC(=O)[C@@H](N)C(C)C. The molecule has 0 saturated carbocycles. The maximum absolute atomic E-state index is 11.7. The van der Waals surface area contributed by atoms with E-state index >= 15 is 0 Å². The van der Waals surface area contributed by atoms with Crippen LogP contribution in [-0.2, 0) is 9.59 Å². The first-order valence-corrected chi connectivity index (χ1v) is 6.63. The molecule has 0 bridgehead atoms. The van der Waals surface area contributed by atoms with Crippen molar-refractivity contribution in [3.05, 3.63) is 0 Å². The molecule has 18 heavy (non-hydrogen) atoms. The molecular formula is C13H27N3O2. The maximum Gasteiger partial charge on any atom is 0.242 e. The Kier molecular flexibility index (Phi) is 7.59. The van der Waals surface area contributed by atoms with Crippen LogP contribution in [0.4, 0.5) is 0 Å². The van der Waals surface area contributed by atoms with Crippen molar-refractivity contribution in [2.75, 3.05) is 6.54 Å². The summed E-state index contributed by atoms with van der Waals surface area (Å²) in [6.45, 7) is 10.2. The van der Waals surface area contributed by atoms with E-state index in [1.807, 2.05) is 13.8 Å². The van der Waals surface area contributed by atoms with Crippen LogP contribution in [0.2, 0.25) is 0 Å². The monoisotopic (exact) mass is 257 g/mol. The van der Waals surface area contributed by atoms with Crippen LogP contribution in [0.25, 0.3) is 0 Å². The Bertz CT molecular complexity index is 279. The number of carbonyl (C=O) groups is 2. The lowest BCUT2D eigenvalue weighted by Crippen LogP contribution is -2.52. The Morgan fingerprint density at radius 2 is 1.67 bits per heavy atom. The van der Waals surface area contributed by atoms with Crippen molar-refractivity contribution >= 4 is 11.8 Å². The Morgan fingerprint density at radius 1 is 1.11 bits per heavy atom. The van der Waals surface area contributed by atoms with Crippen LogP contribution in [-0.4, -0.2) is 30.4 Å². The third kappa shape index (κ3) is 6.00. The Morgan fingerprint density at radius 3 is 2.11 bits per heavy atom. The molecule has 0 saturated heterocycles. The lowest BCUT2D eigenvalue weighted by atomic mass is 10.0. The van der Waals surface area contributed by atoms with Crippen molar-refractivity contribution in [3.8, 4) is 0 Å². The zero-order chi connectivity index (χ0) is 14.3. The minimum absolute atomic E-state index is 0.0559. The highest BCUT2D eigenvalue weighted by atomic mass is 16.2. The standard InChI is InChI=1S/C13H27N3O2/c1-6-9(4)7-15-12(17)10(5)16-13(18)11(14)8(2)3/h8-11H,6-7,14H2,1-5H3,(H,15,17)(H,16,18)/t9?,10-,11-/m0/s1. The number of rotatable bonds is 7. The van der Waals surface area contributed by atoms with E-state index in [0.717, 1.165) is 6.42 Å². The van der Waals surface area contributed by atoms with E-state index in [0.29, 0.717) is 12.5 Å². The second-order valence-corrected chi connectivity index (χ2v) is 5.26. The Hall–Kier alpha value is -1.10. The molecular weight excluding hydrogens is 230 g/mol. The summed E-state index contributed by atoms with van der Waals surface area (Å²) in [4.78, 5) is 23.4. The molecule has 5 nitrogen and oxygen atoms in total. The first-order chi connectivity index (χ1) is 8.29. The van der Waals surface area contributed by atoms with Crippen LogP contribution in [0.3, 0.4) is 0 Å². The van der Waals surface area contributed by atoms with Crippen molar-refractivity contribution < 1.29 is 9.59 Å². The number of hydrogen-bond acceptors (Lipinski definition) is 3. The minimum Gasteiger partial charge on any atom is -0.354 e. The smallest absolute Gasteiger partial charge is 0.242 e. The van der Waals surface area contributed by atoms with Crippen molar-refractivity contribution in [1.29, 1.82) is 0 Å². The number of nitrogens with one attached hydrogen (secondary N) is 2. The quantitative estimate of drug-likeness (QED) is 0.625. The zero-order valence-electron chi connectivity index (χ0n) is 12.1. The summed E-state index contributed by atoms with van der Waals surface area (Å²) >= 11 is 0.